The predicted molar refractivity (Wildman–Crippen MR) is 244 cm³/mol. The molecular formula is C40H52N12O2S4. The molecule has 0 atom stereocenters. The number of nitrogen functional groups attached to an aromatic ring is 2. The smallest absolute Gasteiger partial charge is 0.278 e. The molecule has 0 amide bonds. The van der Waals surface area contributed by atoms with E-state index in [4.69, 9.17) is 11.5 Å². The lowest BCUT2D eigenvalue weighted by Gasteiger charge is -2.16. The van der Waals surface area contributed by atoms with Crippen molar-refractivity contribution in [3.63, 3.8) is 0 Å². The number of anilines is 2. The molecule has 308 valence electrons. The molecule has 0 aromatic carbocycles. The van der Waals surface area contributed by atoms with Crippen LogP contribution in [0.2, 0.25) is 0 Å². The van der Waals surface area contributed by atoms with Crippen molar-refractivity contribution >= 4 is 101 Å². The van der Waals surface area contributed by atoms with Gasteiger partial charge in [-0.1, -0.05) is 83.1 Å². The maximum absolute atomic E-state index is 11.7. The summed E-state index contributed by atoms with van der Waals surface area (Å²) < 4.78 is 8.44. The summed E-state index contributed by atoms with van der Waals surface area (Å²) in [4.78, 5) is 58.4. The maximum Gasteiger partial charge on any atom is 0.278 e. The number of fused-ring (bicyclic) bond motifs is 4. The van der Waals surface area contributed by atoms with Gasteiger partial charge in [-0.3, -0.25) is 9.59 Å². The van der Waals surface area contributed by atoms with Crippen molar-refractivity contribution in [2.45, 2.75) is 119 Å². The molecule has 14 nitrogen and oxygen atoms in total. The topological polar surface area (TPSA) is 221 Å². The highest BCUT2D eigenvalue weighted by molar-refractivity contribution is 7.12. The van der Waals surface area contributed by atoms with Crippen LogP contribution in [0.25, 0.3) is 43.9 Å². The minimum atomic E-state index is -0.149. The molecule has 0 aliphatic rings. The van der Waals surface area contributed by atoms with Gasteiger partial charge in [0.05, 0.1) is 31.6 Å². The van der Waals surface area contributed by atoms with Gasteiger partial charge in [0.1, 0.15) is 46.7 Å². The third-order valence-electron chi connectivity index (χ3n) is 8.48. The number of aromatic nitrogens is 10. The predicted octanol–water partition coefficient (Wildman–Crippen LogP) is 9.11. The van der Waals surface area contributed by atoms with E-state index in [1.807, 2.05) is 17.7 Å². The highest BCUT2D eigenvalue weighted by Gasteiger charge is 2.25. The van der Waals surface area contributed by atoms with E-state index < -0.39 is 0 Å². The third-order valence-corrected chi connectivity index (χ3v) is 13.8. The first-order valence-electron chi connectivity index (χ1n) is 18.5. The van der Waals surface area contributed by atoms with Crippen LogP contribution in [0.15, 0.2) is 33.0 Å². The van der Waals surface area contributed by atoms with E-state index in [1.54, 1.807) is 29.6 Å². The highest BCUT2D eigenvalue weighted by Crippen LogP contribution is 2.36. The lowest BCUT2D eigenvalue weighted by atomic mass is 9.93. The monoisotopic (exact) mass is 860 g/mol. The molecule has 0 saturated heterocycles. The van der Waals surface area contributed by atoms with Gasteiger partial charge in [0.25, 0.3) is 11.1 Å². The Kier molecular flexibility index (Phi) is 12.6. The summed E-state index contributed by atoms with van der Waals surface area (Å²) in [5.74, 6) is 2.35. The number of hydrogen-bond acceptors (Lipinski definition) is 16. The second-order valence-electron chi connectivity index (χ2n) is 17.9. The first-order valence-corrected chi connectivity index (χ1v) is 21.8. The average Bonchev–Trinajstić information content (AvgIpc) is 3.89. The van der Waals surface area contributed by atoms with Gasteiger partial charge in [-0.25, -0.2) is 29.9 Å². The van der Waals surface area contributed by atoms with Crippen LogP contribution in [0.1, 0.15) is 114 Å². The Morgan fingerprint density at radius 1 is 0.483 bits per heavy atom. The molecule has 58 heavy (non-hydrogen) atoms. The van der Waals surface area contributed by atoms with Crippen LogP contribution in [0.4, 0.5) is 11.6 Å². The molecule has 0 radical (unpaired) electrons. The Morgan fingerprint density at radius 3 is 1.47 bits per heavy atom. The fourth-order valence-corrected chi connectivity index (χ4v) is 9.62. The van der Waals surface area contributed by atoms with Crippen molar-refractivity contribution < 1.29 is 0 Å². The quantitative estimate of drug-likeness (QED) is 0.112. The molecule has 8 aromatic rings. The van der Waals surface area contributed by atoms with Crippen LogP contribution in [0, 0.1) is 13.8 Å². The first kappa shape index (κ1) is 44.3. The lowest BCUT2D eigenvalue weighted by Crippen LogP contribution is -2.13. The Morgan fingerprint density at radius 2 is 0.914 bits per heavy atom. The summed E-state index contributed by atoms with van der Waals surface area (Å²) >= 11 is 6.12. The normalized spacial score (nSPS) is 12.2. The summed E-state index contributed by atoms with van der Waals surface area (Å²) in [7, 11) is 0. The number of thiophene rings is 2. The van der Waals surface area contributed by atoms with Crippen LogP contribution >= 0.6 is 45.7 Å². The number of rotatable bonds is 0. The molecule has 0 aliphatic heterocycles. The number of nitrogens with one attached hydrogen (secondary N) is 2. The Hall–Kier alpha value is -4.78. The summed E-state index contributed by atoms with van der Waals surface area (Å²) in [6, 6.07) is 0. The minimum Gasteiger partial charge on any atom is -0.383 e. The van der Waals surface area contributed by atoms with E-state index in [0.717, 1.165) is 42.7 Å². The van der Waals surface area contributed by atoms with Crippen LogP contribution in [0.5, 0.6) is 0 Å². The molecule has 8 aromatic heterocycles. The van der Waals surface area contributed by atoms with Gasteiger partial charge in [0.15, 0.2) is 11.3 Å². The zero-order chi connectivity index (χ0) is 43.1. The molecule has 8 rings (SSSR count). The van der Waals surface area contributed by atoms with Gasteiger partial charge in [0, 0.05) is 31.3 Å². The average molecular weight is 861 g/mol. The number of H-pyrrole nitrogens is 2. The first-order chi connectivity index (χ1) is 26.8. The molecule has 18 heteroatoms. The Bertz CT molecular complexity index is 2640. The van der Waals surface area contributed by atoms with Gasteiger partial charge in [-0.2, -0.15) is 8.75 Å². The van der Waals surface area contributed by atoms with E-state index in [9.17, 15) is 9.59 Å². The van der Waals surface area contributed by atoms with E-state index in [0.29, 0.717) is 34.2 Å². The van der Waals surface area contributed by atoms with Gasteiger partial charge >= 0.3 is 0 Å². The maximum atomic E-state index is 11.7. The van der Waals surface area contributed by atoms with Crippen molar-refractivity contribution in [2.24, 2.45) is 0 Å². The summed E-state index contributed by atoms with van der Waals surface area (Å²) in [5, 5.41) is 5.60. The molecule has 0 saturated carbocycles. The van der Waals surface area contributed by atoms with Crippen LogP contribution < -0.4 is 22.6 Å². The Balaban J connectivity index is 0.000000147. The molecule has 6 N–H and O–H groups in total. The molecule has 0 aliphatic carbocycles. The molecule has 0 bridgehead atoms. The summed E-state index contributed by atoms with van der Waals surface area (Å²) in [6.07, 6.45) is 3.01. The van der Waals surface area contributed by atoms with Crippen molar-refractivity contribution in [3.8, 4) is 0 Å². The van der Waals surface area contributed by atoms with E-state index in [2.05, 4.69) is 132 Å². The number of aromatic amines is 2. The van der Waals surface area contributed by atoms with E-state index in [-0.39, 0.29) is 32.8 Å². The lowest BCUT2D eigenvalue weighted by molar-refractivity contribution is 0.607. The van der Waals surface area contributed by atoms with Crippen molar-refractivity contribution in [2.75, 3.05) is 11.5 Å². The van der Waals surface area contributed by atoms with Gasteiger partial charge in [-0.15, -0.1) is 22.7 Å². The minimum absolute atomic E-state index is 0.0212. The standard InChI is InChI=1S/C11H14N2OS.C10H13N3OS.C10H13N3S.C9H12N4S/c1-6-12-8-7(10(14)13-6)5-15-9(8)11(2,3)4;1-5-11-6-7(9(14)12-5)13-15-8(6)10(2,3)4;1-10(2,3)8-7-6(4-14-8)9(11)13-5-12-7;1-9(2,3)7-5-6(13-14-7)8(10)12-4-11-5/h5H,1-4H3,(H,12,13,14);1-4H3,(H,11,12,14);4-5H,1-3H3,(H2,11,12,13);4H,1-3H3,(H2,10,11,12). The van der Waals surface area contributed by atoms with E-state index >= 15 is 0 Å². The molecule has 8 heterocycles. The zero-order valence-electron chi connectivity index (χ0n) is 35.5. The summed E-state index contributed by atoms with van der Waals surface area (Å²) in [6.45, 7) is 29.2. The number of aryl methyl sites for hydroxylation is 2. The fraction of sp³-hybridized carbons (Fsp3) is 0.450. The molecule has 0 unspecified atom stereocenters. The fourth-order valence-electron chi connectivity index (χ4n) is 5.72. The Labute approximate surface area is 353 Å². The molecule has 0 fully saturated rings. The van der Waals surface area contributed by atoms with Gasteiger partial charge in [0.2, 0.25) is 0 Å². The largest absolute Gasteiger partial charge is 0.383 e. The number of nitrogens with two attached hydrogens (primary N) is 2. The second kappa shape index (κ2) is 16.5. The zero-order valence-corrected chi connectivity index (χ0v) is 38.8. The van der Waals surface area contributed by atoms with Crippen LogP contribution in [-0.2, 0) is 21.7 Å². The van der Waals surface area contributed by atoms with Crippen molar-refractivity contribution in [1.29, 1.82) is 0 Å². The number of hydrogen-bond donors (Lipinski definition) is 4. The molecule has 0 spiro atoms. The van der Waals surface area contributed by atoms with Crippen LogP contribution in [0.3, 0.4) is 0 Å². The van der Waals surface area contributed by atoms with Gasteiger partial charge in [-0.05, 0) is 47.7 Å². The van der Waals surface area contributed by atoms with Gasteiger partial charge < -0.3 is 21.4 Å². The highest BCUT2D eigenvalue weighted by atomic mass is 32.1. The number of nitrogens with zero attached hydrogens (tertiary/aromatic N) is 8. The van der Waals surface area contributed by atoms with E-state index in [1.165, 1.54) is 45.5 Å². The second-order valence-corrected chi connectivity index (χ2v) is 21.2. The SMILES string of the molecule is CC(C)(C)c1scc2c(N)ncnc12.CC(C)(C)c1snc2c(N)ncnc12.Cc1nc2c(C(C)(C)C)scc2c(=O)[nH]1.Cc1nc2c(C(C)(C)C)snc2c(=O)[nH]1. The van der Waals surface area contributed by atoms with Crippen LogP contribution in [-0.4, -0.2) is 48.6 Å². The molecular weight excluding hydrogens is 809 g/mol. The summed E-state index contributed by atoms with van der Waals surface area (Å²) in [5.41, 5.74) is 16.1. The van der Waals surface area contributed by atoms with Crippen molar-refractivity contribution in [1.82, 2.24) is 48.6 Å². The van der Waals surface area contributed by atoms with Crippen molar-refractivity contribution in [3.05, 3.63) is 75.3 Å². The third kappa shape index (κ3) is 9.73.